The van der Waals surface area contributed by atoms with Crippen LogP contribution in [0, 0.1) is 0 Å². The maximum Gasteiger partial charge on any atom is 0.228 e. The second kappa shape index (κ2) is 5.27. The molecule has 17 heavy (non-hydrogen) atoms. The van der Waals surface area contributed by atoms with Gasteiger partial charge >= 0.3 is 0 Å². The summed E-state index contributed by atoms with van der Waals surface area (Å²) in [6.07, 6.45) is 0.370. The van der Waals surface area contributed by atoms with Gasteiger partial charge in [-0.05, 0) is 6.92 Å². The van der Waals surface area contributed by atoms with Crippen LogP contribution in [0.4, 0.5) is 5.13 Å². The molecule has 2 rings (SSSR count). The van der Waals surface area contributed by atoms with Crippen molar-refractivity contribution in [1.29, 1.82) is 0 Å². The Morgan fingerprint density at radius 2 is 2.41 bits per heavy atom. The van der Waals surface area contributed by atoms with Crippen molar-refractivity contribution in [1.82, 2.24) is 9.88 Å². The first kappa shape index (κ1) is 12.7. The molecule has 2 unspecified atom stereocenters. The van der Waals surface area contributed by atoms with Gasteiger partial charge in [0.1, 0.15) is 0 Å². The summed E-state index contributed by atoms with van der Waals surface area (Å²) in [5.41, 5.74) is 6.35. The van der Waals surface area contributed by atoms with E-state index in [4.69, 9.17) is 5.73 Å². The third-order valence-corrected chi connectivity index (χ3v) is 5.17. The van der Waals surface area contributed by atoms with Crippen LogP contribution in [-0.4, -0.2) is 39.4 Å². The number of aromatic nitrogens is 1. The van der Waals surface area contributed by atoms with Crippen molar-refractivity contribution >= 4 is 34.1 Å². The van der Waals surface area contributed by atoms with E-state index in [0.717, 1.165) is 18.0 Å². The summed E-state index contributed by atoms with van der Waals surface area (Å²) in [4.78, 5) is 18.3. The van der Waals surface area contributed by atoms with Gasteiger partial charge in [-0.1, -0.05) is 6.92 Å². The maximum atomic E-state index is 12.2. The fraction of sp³-hybridized carbons (Fsp3) is 0.636. The van der Waals surface area contributed by atoms with Crippen LogP contribution in [0.1, 0.15) is 19.5 Å². The molecule has 2 atom stereocenters. The molecule has 4 nitrogen and oxygen atoms in total. The van der Waals surface area contributed by atoms with Crippen LogP contribution >= 0.6 is 23.1 Å². The minimum Gasteiger partial charge on any atom is -0.375 e. The molecule has 0 bridgehead atoms. The topological polar surface area (TPSA) is 59.2 Å². The first-order valence-electron chi connectivity index (χ1n) is 5.69. The molecule has 1 aromatic rings. The highest BCUT2D eigenvalue weighted by molar-refractivity contribution is 8.00. The van der Waals surface area contributed by atoms with E-state index in [2.05, 4.69) is 18.8 Å². The number of nitrogen functional groups attached to an aromatic ring is 1. The van der Waals surface area contributed by atoms with E-state index < -0.39 is 0 Å². The average molecular weight is 271 g/mol. The zero-order valence-electron chi connectivity index (χ0n) is 10.0. The van der Waals surface area contributed by atoms with E-state index in [1.54, 1.807) is 0 Å². The summed E-state index contributed by atoms with van der Waals surface area (Å²) >= 11 is 3.32. The second-order valence-electron chi connectivity index (χ2n) is 4.26. The number of carbonyl (C=O) groups excluding carboxylic acids is 1. The molecule has 1 amide bonds. The molecule has 0 radical (unpaired) electrons. The molecular weight excluding hydrogens is 254 g/mol. The van der Waals surface area contributed by atoms with Crippen molar-refractivity contribution in [2.24, 2.45) is 0 Å². The molecule has 0 aromatic carbocycles. The highest BCUT2D eigenvalue weighted by Crippen LogP contribution is 2.25. The van der Waals surface area contributed by atoms with Gasteiger partial charge in [-0.25, -0.2) is 4.98 Å². The van der Waals surface area contributed by atoms with Gasteiger partial charge in [-0.3, -0.25) is 4.79 Å². The van der Waals surface area contributed by atoms with E-state index in [0.29, 0.717) is 22.8 Å². The largest absolute Gasteiger partial charge is 0.375 e. The third-order valence-electron chi connectivity index (χ3n) is 3.11. The maximum absolute atomic E-state index is 12.2. The van der Waals surface area contributed by atoms with Gasteiger partial charge in [-0.15, -0.1) is 11.3 Å². The van der Waals surface area contributed by atoms with E-state index in [9.17, 15) is 4.79 Å². The number of thiazole rings is 1. The molecule has 0 saturated carbocycles. The van der Waals surface area contributed by atoms with Crippen LogP contribution in [0.15, 0.2) is 5.38 Å². The highest BCUT2D eigenvalue weighted by atomic mass is 32.2. The van der Waals surface area contributed by atoms with Crippen molar-refractivity contribution in [3.8, 4) is 0 Å². The van der Waals surface area contributed by atoms with Gasteiger partial charge in [0.2, 0.25) is 5.91 Å². The predicted octanol–water partition coefficient (Wildman–Crippen LogP) is 1.62. The second-order valence-corrected chi connectivity index (χ2v) is 6.63. The van der Waals surface area contributed by atoms with Gasteiger partial charge in [0.05, 0.1) is 12.1 Å². The number of hydrogen-bond acceptors (Lipinski definition) is 5. The Kier molecular flexibility index (Phi) is 3.93. The molecule has 1 aliphatic heterocycles. The average Bonchev–Trinajstić information content (AvgIpc) is 2.68. The molecule has 0 aliphatic carbocycles. The zero-order chi connectivity index (χ0) is 12.4. The monoisotopic (exact) mass is 271 g/mol. The molecule has 2 heterocycles. The van der Waals surface area contributed by atoms with Crippen LogP contribution in [0.25, 0.3) is 0 Å². The Bertz CT molecular complexity index is 407. The van der Waals surface area contributed by atoms with Crippen molar-refractivity contribution in [3.63, 3.8) is 0 Å². The van der Waals surface area contributed by atoms with Gasteiger partial charge in [0.25, 0.3) is 0 Å². The lowest BCUT2D eigenvalue weighted by Gasteiger charge is -2.37. The molecule has 1 saturated heterocycles. The van der Waals surface area contributed by atoms with Crippen LogP contribution in [0.5, 0.6) is 0 Å². The Morgan fingerprint density at radius 3 is 3.06 bits per heavy atom. The standard InChI is InChI=1S/C11H17N3OS2/c1-7-8(2)16-4-3-14(7)10(15)5-9-6-17-11(12)13-9/h6-8H,3-5H2,1-2H3,(H2,12,13). The van der Waals surface area contributed by atoms with Crippen LogP contribution in [0.3, 0.4) is 0 Å². The number of hydrogen-bond donors (Lipinski definition) is 1. The SMILES string of the molecule is CC1SCCN(C(=O)Cc2csc(N)n2)C1C. The molecule has 1 fully saturated rings. The van der Waals surface area contributed by atoms with Crippen LogP contribution in [0.2, 0.25) is 0 Å². The Balaban J connectivity index is 1.99. The number of amides is 1. The lowest BCUT2D eigenvalue weighted by molar-refractivity contribution is -0.132. The van der Waals surface area contributed by atoms with E-state index in [1.807, 2.05) is 22.0 Å². The number of anilines is 1. The molecular formula is C11H17N3OS2. The van der Waals surface area contributed by atoms with E-state index in [1.165, 1.54) is 11.3 Å². The molecule has 1 aromatic heterocycles. The zero-order valence-corrected chi connectivity index (χ0v) is 11.7. The summed E-state index contributed by atoms with van der Waals surface area (Å²) in [5.74, 6) is 1.19. The van der Waals surface area contributed by atoms with E-state index in [-0.39, 0.29) is 5.91 Å². The van der Waals surface area contributed by atoms with Gasteiger partial charge in [0.15, 0.2) is 5.13 Å². The molecule has 0 spiro atoms. The number of nitrogens with zero attached hydrogens (tertiary/aromatic N) is 2. The molecule has 2 N–H and O–H groups in total. The first-order valence-corrected chi connectivity index (χ1v) is 7.61. The van der Waals surface area contributed by atoms with Crippen molar-refractivity contribution < 1.29 is 4.79 Å². The third kappa shape index (κ3) is 2.93. The smallest absolute Gasteiger partial charge is 0.228 e. The van der Waals surface area contributed by atoms with Crippen molar-refractivity contribution in [2.75, 3.05) is 18.0 Å². The summed E-state index contributed by atoms with van der Waals surface area (Å²) in [6.45, 7) is 5.13. The Labute approximate surface area is 110 Å². The number of thioether (sulfide) groups is 1. The number of rotatable bonds is 2. The van der Waals surface area contributed by atoms with E-state index >= 15 is 0 Å². The van der Waals surface area contributed by atoms with Crippen molar-refractivity contribution in [3.05, 3.63) is 11.1 Å². The minimum absolute atomic E-state index is 0.162. The first-order chi connectivity index (χ1) is 8.08. The minimum atomic E-state index is 0.162. The van der Waals surface area contributed by atoms with Gasteiger partial charge in [0, 0.05) is 29.0 Å². The van der Waals surface area contributed by atoms with Crippen LogP contribution < -0.4 is 5.73 Å². The lowest BCUT2D eigenvalue weighted by Crippen LogP contribution is -2.48. The van der Waals surface area contributed by atoms with Gasteiger partial charge < -0.3 is 10.6 Å². The predicted molar refractivity (Wildman–Crippen MR) is 73.3 cm³/mol. The fourth-order valence-corrected chi connectivity index (χ4v) is 3.61. The molecule has 6 heteroatoms. The van der Waals surface area contributed by atoms with Crippen LogP contribution in [-0.2, 0) is 11.2 Å². The Hall–Kier alpha value is -0.750. The summed E-state index contributed by atoms with van der Waals surface area (Å²) < 4.78 is 0. The lowest BCUT2D eigenvalue weighted by atomic mass is 10.2. The summed E-state index contributed by atoms with van der Waals surface area (Å²) in [7, 11) is 0. The van der Waals surface area contributed by atoms with Gasteiger partial charge in [-0.2, -0.15) is 11.8 Å². The summed E-state index contributed by atoms with van der Waals surface area (Å²) in [5, 5.41) is 2.90. The number of nitrogens with two attached hydrogens (primary N) is 1. The quantitative estimate of drug-likeness (QED) is 0.888. The molecule has 94 valence electrons. The number of carbonyl (C=O) groups is 1. The summed E-state index contributed by atoms with van der Waals surface area (Å²) in [6, 6.07) is 0.303. The highest BCUT2D eigenvalue weighted by Gasteiger charge is 2.28. The fourth-order valence-electron chi connectivity index (χ4n) is 1.95. The van der Waals surface area contributed by atoms with Crippen molar-refractivity contribution in [2.45, 2.75) is 31.6 Å². The Morgan fingerprint density at radius 1 is 1.65 bits per heavy atom. The normalized spacial score (nSPS) is 24.9. The molecule has 1 aliphatic rings.